The minimum absolute atomic E-state index is 0.559. The van der Waals surface area contributed by atoms with Gasteiger partial charge in [0.05, 0.1) is 0 Å². The van der Waals surface area contributed by atoms with Crippen LogP contribution in [0.2, 0.25) is 0 Å². The molecule has 0 saturated carbocycles. The van der Waals surface area contributed by atoms with Gasteiger partial charge in [0.15, 0.2) is 5.82 Å². The summed E-state index contributed by atoms with van der Waals surface area (Å²) < 4.78 is 5.27. The maximum Gasteiger partial charge on any atom is 0.258 e. The molecule has 2 aromatic rings. The number of hydrogen-bond donors (Lipinski definition) is 0. The van der Waals surface area contributed by atoms with Crippen LogP contribution in [0.1, 0.15) is 63.8 Å². The Morgan fingerprint density at radius 3 is 2.36 bits per heavy atom. The Bertz CT molecular complexity index is 584. The summed E-state index contributed by atoms with van der Waals surface area (Å²) in [4.78, 5) is 4.34. The molecular formula is C19H26N2O. The topological polar surface area (TPSA) is 38.9 Å². The van der Waals surface area contributed by atoms with E-state index in [0.717, 1.165) is 17.6 Å². The van der Waals surface area contributed by atoms with Crippen molar-refractivity contribution in [2.24, 2.45) is 0 Å². The van der Waals surface area contributed by atoms with Crippen molar-refractivity contribution >= 4 is 5.57 Å². The molecule has 22 heavy (non-hydrogen) atoms. The molecule has 3 heteroatoms. The predicted octanol–water partition coefficient (Wildman–Crippen LogP) is 5.67. The summed E-state index contributed by atoms with van der Waals surface area (Å²) >= 11 is 0. The number of aryl methyl sites for hydroxylation is 1. The SMILES string of the molecule is C=C(C)c1noc(-c2ccc(CCCCCCCC)cc2)n1. The first kappa shape index (κ1) is 16.5. The highest BCUT2D eigenvalue weighted by Gasteiger charge is 2.08. The molecule has 0 amide bonds. The standard InChI is InChI=1S/C19H26N2O/c1-4-5-6-7-8-9-10-16-11-13-17(14-12-16)19-20-18(15(2)3)21-22-19/h11-14H,2,4-10H2,1,3H3. The fraction of sp³-hybridized carbons (Fsp3) is 0.474. The number of benzene rings is 1. The number of aromatic nitrogens is 2. The highest BCUT2D eigenvalue weighted by molar-refractivity contribution is 5.58. The molecule has 0 fully saturated rings. The molecule has 0 bridgehead atoms. The van der Waals surface area contributed by atoms with Crippen molar-refractivity contribution in [3.63, 3.8) is 0 Å². The molecule has 1 heterocycles. The van der Waals surface area contributed by atoms with Crippen LogP contribution in [0.25, 0.3) is 17.0 Å². The molecule has 118 valence electrons. The van der Waals surface area contributed by atoms with Crippen molar-refractivity contribution in [3.05, 3.63) is 42.2 Å². The molecule has 0 radical (unpaired) electrons. The van der Waals surface area contributed by atoms with Gasteiger partial charge in [-0.15, -0.1) is 0 Å². The monoisotopic (exact) mass is 298 g/mol. The predicted molar refractivity (Wildman–Crippen MR) is 91.5 cm³/mol. The van der Waals surface area contributed by atoms with Gasteiger partial charge in [-0.3, -0.25) is 0 Å². The summed E-state index contributed by atoms with van der Waals surface area (Å²) in [5, 5.41) is 3.91. The number of unbranched alkanes of at least 4 members (excludes halogenated alkanes) is 5. The van der Waals surface area contributed by atoms with E-state index in [9.17, 15) is 0 Å². The van der Waals surface area contributed by atoms with Crippen LogP contribution in [-0.4, -0.2) is 10.1 Å². The Balaban J connectivity index is 1.83. The Morgan fingerprint density at radius 1 is 1.05 bits per heavy atom. The lowest BCUT2D eigenvalue weighted by atomic mass is 10.0. The Morgan fingerprint density at radius 2 is 1.73 bits per heavy atom. The summed E-state index contributed by atoms with van der Waals surface area (Å²) in [6.07, 6.45) is 9.15. The zero-order valence-electron chi connectivity index (χ0n) is 13.8. The number of allylic oxidation sites excluding steroid dienone is 1. The highest BCUT2D eigenvalue weighted by atomic mass is 16.5. The van der Waals surface area contributed by atoms with Crippen LogP contribution in [-0.2, 0) is 6.42 Å². The van der Waals surface area contributed by atoms with Gasteiger partial charge in [0.25, 0.3) is 5.89 Å². The molecular weight excluding hydrogens is 272 g/mol. The minimum atomic E-state index is 0.559. The van der Waals surface area contributed by atoms with Crippen LogP contribution in [0.5, 0.6) is 0 Å². The van der Waals surface area contributed by atoms with Gasteiger partial charge in [0.2, 0.25) is 0 Å². The number of hydrogen-bond acceptors (Lipinski definition) is 3. The van der Waals surface area contributed by atoms with Crippen molar-refractivity contribution in [2.75, 3.05) is 0 Å². The second-order valence-electron chi connectivity index (χ2n) is 5.92. The molecule has 0 aliphatic heterocycles. The van der Waals surface area contributed by atoms with E-state index in [-0.39, 0.29) is 0 Å². The van der Waals surface area contributed by atoms with E-state index in [1.807, 2.05) is 6.92 Å². The van der Waals surface area contributed by atoms with Crippen molar-refractivity contribution in [1.29, 1.82) is 0 Å². The molecule has 0 atom stereocenters. The molecule has 0 aliphatic rings. The third-order valence-electron chi connectivity index (χ3n) is 3.83. The molecule has 3 nitrogen and oxygen atoms in total. The minimum Gasteiger partial charge on any atom is -0.334 e. The smallest absolute Gasteiger partial charge is 0.258 e. The summed E-state index contributed by atoms with van der Waals surface area (Å²) in [5.41, 5.74) is 3.15. The van der Waals surface area contributed by atoms with Crippen LogP contribution >= 0.6 is 0 Å². The van der Waals surface area contributed by atoms with Crippen molar-refractivity contribution < 1.29 is 4.52 Å². The molecule has 1 aromatic carbocycles. The molecule has 0 saturated heterocycles. The van der Waals surface area contributed by atoms with Gasteiger partial charge < -0.3 is 4.52 Å². The Hall–Kier alpha value is -1.90. The number of nitrogens with zero attached hydrogens (tertiary/aromatic N) is 2. The van der Waals surface area contributed by atoms with E-state index in [1.165, 1.54) is 44.1 Å². The number of rotatable bonds is 9. The second-order valence-corrected chi connectivity index (χ2v) is 5.92. The maximum atomic E-state index is 5.27. The first-order valence-electron chi connectivity index (χ1n) is 8.29. The van der Waals surface area contributed by atoms with E-state index in [2.05, 4.69) is 47.9 Å². The summed E-state index contributed by atoms with van der Waals surface area (Å²) in [6, 6.07) is 8.43. The summed E-state index contributed by atoms with van der Waals surface area (Å²) in [7, 11) is 0. The van der Waals surface area contributed by atoms with Gasteiger partial charge in [-0.05, 0) is 43.0 Å². The normalized spacial score (nSPS) is 10.8. The van der Waals surface area contributed by atoms with E-state index >= 15 is 0 Å². The Labute approximate surface area is 133 Å². The summed E-state index contributed by atoms with van der Waals surface area (Å²) in [5.74, 6) is 1.13. The molecule has 0 aliphatic carbocycles. The van der Waals surface area contributed by atoms with Gasteiger partial charge in [-0.2, -0.15) is 4.98 Å². The van der Waals surface area contributed by atoms with E-state index in [1.54, 1.807) is 0 Å². The first-order valence-corrected chi connectivity index (χ1v) is 8.29. The van der Waals surface area contributed by atoms with E-state index in [0.29, 0.717) is 11.7 Å². The van der Waals surface area contributed by atoms with E-state index in [4.69, 9.17) is 4.52 Å². The lowest BCUT2D eigenvalue weighted by molar-refractivity contribution is 0.428. The Kier molecular flexibility index (Phi) is 6.38. The van der Waals surface area contributed by atoms with Gasteiger partial charge in [-0.1, -0.05) is 62.9 Å². The summed E-state index contributed by atoms with van der Waals surface area (Å²) in [6.45, 7) is 7.95. The molecule has 0 spiro atoms. The van der Waals surface area contributed by atoms with Crippen molar-refractivity contribution in [2.45, 2.75) is 58.8 Å². The van der Waals surface area contributed by atoms with Gasteiger partial charge >= 0.3 is 0 Å². The second kappa shape index (κ2) is 8.52. The largest absolute Gasteiger partial charge is 0.334 e. The lowest BCUT2D eigenvalue weighted by Crippen LogP contribution is -1.87. The molecule has 0 N–H and O–H groups in total. The highest BCUT2D eigenvalue weighted by Crippen LogP contribution is 2.20. The zero-order chi connectivity index (χ0) is 15.8. The maximum absolute atomic E-state index is 5.27. The molecule has 1 aromatic heterocycles. The molecule has 2 rings (SSSR count). The van der Waals surface area contributed by atoms with Crippen LogP contribution < -0.4 is 0 Å². The lowest BCUT2D eigenvalue weighted by Gasteiger charge is -2.02. The average Bonchev–Trinajstić information content (AvgIpc) is 3.01. The molecule has 0 unspecified atom stereocenters. The third-order valence-corrected chi connectivity index (χ3v) is 3.83. The fourth-order valence-electron chi connectivity index (χ4n) is 2.44. The van der Waals surface area contributed by atoms with Crippen molar-refractivity contribution in [3.8, 4) is 11.5 Å². The fourth-order valence-corrected chi connectivity index (χ4v) is 2.44. The van der Waals surface area contributed by atoms with Crippen LogP contribution in [0.3, 0.4) is 0 Å². The third kappa shape index (κ3) is 4.83. The van der Waals surface area contributed by atoms with Crippen LogP contribution in [0.15, 0.2) is 35.4 Å². The van der Waals surface area contributed by atoms with Crippen LogP contribution in [0.4, 0.5) is 0 Å². The van der Waals surface area contributed by atoms with E-state index < -0.39 is 0 Å². The average molecular weight is 298 g/mol. The van der Waals surface area contributed by atoms with Crippen molar-refractivity contribution in [1.82, 2.24) is 10.1 Å². The quantitative estimate of drug-likeness (QED) is 0.560. The first-order chi connectivity index (χ1) is 10.7. The zero-order valence-corrected chi connectivity index (χ0v) is 13.8. The van der Waals surface area contributed by atoms with Crippen LogP contribution in [0, 0.1) is 0 Å². The van der Waals surface area contributed by atoms with Gasteiger partial charge in [-0.25, -0.2) is 0 Å². The van der Waals surface area contributed by atoms with Gasteiger partial charge in [0, 0.05) is 5.56 Å². The van der Waals surface area contributed by atoms with Gasteiger partial charge in [0.1, 0.15) is 0 Å².